The second-order valence-electron chi connectivity index (χ2n) is 6.56. The number of benzene rings is 2. The fourth-order valence-electron chi connectivity index (χ4n) is 2.69. The fourth-order valence-corrected chi connectivity index (χ4v) is 6.07. The highest BCUT2D eigenvalue weighted by atomic mass is 32.2. The van der Waals surface area contributed by atoms with E-state index in [-0.39, 0.29) is 0 Å². The molecule has 0 atom stereocenters. The van der Waals surface area contributed by atoms with Gasteiger partial charge in [0.15, 0.2) is 8.68 Å². The molecule has 0 amide bonds. The van der Waals surface area contributed by atoms with Crippen molar-refractivity contribution in [3.8, 4) is 11.5 Å². The average molecular weight is 519 g/mol. The third kappa shape index (κ3) is 7.22. The first-order chi connectivity index (χ1) is 16.2. The van der Waals surface area contributed by atoms with Crippen molar-refractivity contribution in [3.05, 3.63) is 59.7 Å². The van der Waals surface area contributed by atoms with Gasteiger partial charge < -0.3 is 20.1 Å². The largest absolute Gasteiger partial charge is 0.497 e. The Hall–Kier alpha value is -2.54. The molecule has 0 aliphatic heterocycles. The molecule has 33 heavy (non-hydrogen) atoms. The van der Waals surface area contributed by atoms with Gasteiger partial charge in [0, 0.05) is 11.5 Å². The van der Waals surface area contributed by atoms with Crippen molar-refractivity contribution < 1.29 is 9.47 Å². The lowest BCUT2D eigenvalue weighted by atomic mass is 10.2. The third-order valence-corrected chi connectivity index (χ3v) is 8.46. The zero-order chi connectivity index (χ0) is 22.9. The van der Waals surface area contributed by atoms with E-state index in [0.29, 0.717) is 6.67 Å². The number of hydrogen-bond donors (Lipinski definition) is 2. The molecule has 2 heterocycles. The van der Waals surface area contributed by atoms with Crippen molar-refractivity contribution in [1.82, 2.24) is 20.4 Å². The van der Waals surface area contributed by atoms with E-state index in [9.17, 15) is 0 Å². The normalized spacial score (nSPS) is 10.7. The monoisotopic (exact) mass is 518 g/mol. The highest BCUT2D eigenvalue weighted by Crippen LogP contribution is 2.30. The summed E-state index contributed by atoms with van der Waals surface area (Å²) in [6, 6.07) is 16.1. The van der Waals surface area contributed by atoms with E-state index < -0.39 is 0 Å². The van der Waals surface area contributed by atoms with Gasteiger partial charge >= 0.3 is 0 Å². The van der Waals surface area contributed by atoms with Crippen molar-refractivity contribution >= 4 is 56.5 Å². The van der Waals surface area contributed by atoms with Gasteiger partial charge in [-0.2, -0.15) is 0 Å². The second kappa shape index (κ2) is 12.1. The molecular weight excluding hydrogens is 497 g/mol. The number of hydrogen-bond acceptors (Lipinski definition) is 12. The first kappa shape index (κ1) is 23.6. The zero-order valence-electron chi connectivity index (χ0n) is 18.0. The predicted molar refractivity (Wildman–Crippen MR) is 137 cm³/mol. The maximum absolute atomic E-state index is 5.27. The Bertz CT molecular complexity index is 1080. The maximum Gasteiger partial charge on any atom is 0.207 e. The Morgan fingerprint density at radius 3 is 1.67 bits per heavy atom. The van der Waals surface area contributed by atoms with Crippen molar-refractivity contribution in [1.29, 1.82) is 0 Å². The van der Waals surface area contributed by atoms with Crippen LogP contribution >= 0.6 is 46.2 Å². The van der Waals surface area contributed by atoms with Crippen LogP contribution in [-0.2, 0) is 11.5 Å². The second-order valence-corrected chi connectivity index (χ2v) is 11.0. The van der Waals surface area contributed by atoms with Crippen LogP contribution in [0.4, 0.5) is 10.3 Å². The zero-order valence-corrected chi connectivity index (χ0v) is 21.2. The van der Waals surface area contributed by atoms with Gasteiger partial charge in [-0.15, -0.1) is 20.4 Å². The first-order valence-corrected chi connectivity index (χ1v) is 13.5. The van der Waals surface area contributed by atoms with Crippen LogP contribution in [0.1, 0.15) is 11.1 Å². The standard InChI is InChI=1S/C21H22N6O2S4/c1-28-16-7-3-5-14(9-16)11-30-20-26-24-18(32-20)22-13-23-19-25-27-21(33-19)31-12-15-6-4-8-17(10-15)29-2/h3-10H,11-13H2,1-2H3,(H,22,24)(H,23,25). The molecule has 8 nitrogen and oxygen atoms in total. The highest BCUT2D eigenvalue weighted by Gasteiger charge is 2.08. The summed E-state index contributed by atoms with van der Waals surface area (Å²) >= 11 is 6.35. The van der Waals surface area contributed by atoms with E-state index in [1.165, 1.54) is 33.8 Å². The lowest BCUT2D eigenvalue weighted by Crippen LogP contribution is -2.11. The van der Waals surface area contributed by atoms with Crippen LogP contribution in [0.2, 0.25) is 0 Å². The molecule has 2 aromatic carbocycles. The van der Waals surface area contributed by atoms with Crippen LogP contribution in [0.15, 0.2) is 57.2 Å². The number of methoxy groups -OCH3 is 2. The number of nitrogens with zero attached hydrogens (tertiary/aromatic N) is 4. The van der Waals surface area contributed by atoms with Crippen molar-refractivity contribution in [2.45, 2.75) is 20.2 Å². The summed E-state index contributed by atoms with van der Waals surface area (Å²) in [4.78, 5) is 0. The molecule has 2 N–H and O–H groups in total. The van der Waals surface area contributed by atoms with Gasteiger partial charge in [0.1, 0.15) is 11.5 Å². The number of aromatic nitrogens is 4. The third-order valence-electron chi connectivity index (χ3n) is 4.29. The minimum Gasteiger partial charge on any atom is -0.497 e. The highest BCUT2D eigenvalue weighted by molar-refractivity contribution is 8.00. The first-order valence-electron chi connectivity index (χ1n) is 9.88. The summed E-state index contributed by atoms with van der Waals surface area (Å²) < 4.78 is 12.4. The SMILES string of the molecule is COc1cccc(CSc2nnc(NCNc3nnc(SCc4cccc(OC)c4)s3)s2)c1. The molecule has 2 aromatic heterocycles. The summed E-state index contributed by atoms with van der Waals surface area (Å²) in [6.45, 7) is 0.490. The molecule has 0 aliphatic carbocycles. The molecule has 0 aliphatic rings. The number of ether oxygens (including phenoxy) is 2. The van der Waals surface area contributed by atoms with Crippen LogP contribution in [-0.4, -0.2) is 41.3 Å². The van der Waals surface area contributed by atoms with E-state index >= 15 is 0 Å². The van der Waals surface area contributed by atoms with Crippen molar-refractivity contribution in [2.24, 2.45) is 0 Å². The van der Waals surface area contributed by atoms with Gasteiger partial charge in [0.25, 0.3) is 0 Å². The Morgan fingerprint density at radius 2 is 1.21 bits per heavy atom. The Balaban J connectivity index is 1.19. The molecule has 4 rings (SSSR count). The molecule has 0 bridgehead atoms. The quantitative estimate of drug-likeness (QED) is 0.186. The van der Waals surface area contributed by atoms with Crippen LogP contribution in [0.5, 0.6) is 11.5 Å². The summed E-state index contributed by atoms with van der Waals surface area (Å²) in [6.07, 6.45) is 0. The minimum atomic E-state index is 0.490. The minimum absolute atomic E-state index is 0.490. The van der Waals surface area contributed by atoms with Gasteiger partial charge in [-0.1, -0.05) is 70.5 Å². The molecule has 12 heteroatoms. The van der Waals surface area contributed by atoms with Crippen molar-refractivity contribution in [3.63, 3.8) is 0 Å². The molecule has 0 spiro atoms. The number of nitrogens with one attached hydrogen (secondary N) is 2. The molecule has 0 fully saturated rings. The van der Waals surface area contributed by atoms with E-state index in [4.69, 9.17) is 9.47 Å². The lowest BCUT2D eigenvalue weighted by Gasteiger charge is -2.03. The van der Waals surface area contributed by atoms with E-state index in [1.54, 1.807) is 37.7 Å². The van der Waals surface area contributed by atoms with Gasteiger partial charge in [-0.25, -0.2) is 0 Å². The van der Waals surface area contributed by atoms with Crippen LogP contribution < -0.4 is 20.1 Å². The molecule has 0 saturated heterocycles. The van der Waals surface area contributed by atoms with Gasteiger partial charge in [-0.3, -0.25) is 0 Å². The van der Waals surface area contributed by atoms with E-state index in [2.05, 4.69) is 43.2 Å². The van der Waals surface area contributed by atoms with Crippen LogP contribution in [0, 0.1) is 0 Å². The molecule has 0 saturated carbocycles. The Kier molecular flexibility index (Phi) is 8.64. The number of rotatable bonds is 12. The van der Waals surface area contributed by atoms with Gasteiger partial charge in [0.05, 0.1) is 20.9 Å². The summed E-state index contributed by atoms with van der Waals surface area (Å²) in [7, 11) is 3.35. The molecular formula is C21H22N6O2S4. The molecule has 4 aromatic rings. The number of thioether (sulfide) groups is 2. The Labute approximate surface area is 208 Å². The predicted octanol–water partition coefficient (Wildman–Crippen LogP) is 5.47. The lowest BCUT2D eigenvalue weighted by molar-refractivity contribution is 0.414. The fraction of sp³-hybridized carbons (Fsp3) is 0.238. The summed E-state index contributed by atoms with van der Waals surface area (Å²) in [5.74, 6) is 3.34. The summed E-state index contributed by atoms with van der Waals surface area (Å²) in [5, 5.41) is 24.9. The molecule has 0 radical (unpaired) electrons. The molecule has 172 valence electrons. The Morgan fingerprint density at radius 1 is 0.727 bits per heavy atom. The summed E-state index contributed by atoms with van der Waals surface area (Å²) in [5.41, 5.74) is 2.36. The van der Waals surface area contributed by atoms with E-state index in [1.807, 2.05) is 36.4 Å². The van der Waals surface area contributed by atoms with E-state index in [0.717, 1.165) is 41.9 Å². The van der Waals surface area contributed by atoms with Crippen molar-refractivity contribution in [2.75, 3.05) is 31.5 Å². The molecule has 0 unspecified atom stereocenters. The topological polar surface area (TPSA) is 94.1 Å². The maximum atomic E-state index is 5.27. The van der Waals surface area contributed by atoms with Gasteiger partial charge in [0.2, 0.25) is 10.3 Å². The van der Waals surface area contributed by atoms with Crippen LogP contribution in [0.3, 0.4) is 0 Å². The van der Waals surface area contributed by atoms with Crippen LogP contribution in [0.25, 0.3) is 0 Å². The smallest absolute Gasteiger partial charge is 0.207 e. The number of anilines is 2. The average Bonchev–Trinajstić information content (AvgIpc) is 3.51. The van der Waals surface area contributed by atoms with Gasteiger partial charge in [-0.05, 0) is 35.4 Å².